The summed E-state index contributed by atoms with van der Waals surface area (Å²) in [4.78, 5) is 25.9. The molecule has 1 N–H and O–H groups in total. The van der Waals surface area contributed by atoms with Crippen molar-refractivity contribution in [2.45, 2.75) is 13.5 Å². The predicted molar refractivity (Wildman–Crippen MR) is 94.2 cm³/mol. The minimum absolute atomic E-state index is 0.00186. The van der Waals surface area contributed by atoms with Crippen molar-refractivity contribution in [1.82, 2.24) is 4.90 Å². The molecule has 0 atom stereocenters. The van der Waals surface area contributed by atoms with Gasteiger partial charge in [-0.15, -0.1) is 0 Å². The van der Waals surface area contributed by atoms with E-state index in [0.29, 0.717) is 22.9 Å². The molecule has 0 unspecified atom stereocenters. The fourth-order valence-electron chi connectivity index (χ4n) is 2.62. The van der Waals surface area contributed by atoms with Gasteiger partial charge in [-0.25, -0.2) is 0 Å². The Bertz CT molecular complexity index is 841. The molecular weight excluding hydrogens is 342 g/mol. The van der Waals surface area contributed by atoms with Crippen molar-refractivity contribution in [1.29, 1.82) is 0 Å². The summed E-state index contributed by atoms with van der Waals surface area (Å²) in [7, 11) is 0. The lowest BCUT2D eigenvalue weighted by Crippen LogP contribution is -2.31. The molecule has 0 fully saturated rings. The van der Waals surface area contributed by atoms with Gasteiger partial charge in [0.1, 0.15) is 5.75 Å². The second kappa shape index (κ2) is 6.99. The van der Waals surface area contributed by atoms with Crippen LogP contribution >= 0.6 is 11.6 Å². The van der Waals surface area contributed by atoms with Crippen LogP contribution in [0.2, 0.25) is 5.02 Å². The smallest absolute Gasteiger partial charge is 0.296 e. The van der Waals surface area contributed by atoms with Crippen LogP contribution in [0.1, 0.15) is 18.1 Å². The highest BCUT2D eigenvalue weighted by molar-refractivity contribution is 6.34. The molecular formula is C19H16ClNO4. The van der Waals surface area contributed by atoms with Crippen LogP contribution in [0.5, 0.6) is 5.75 Å². The molecule has 0 aromatic heterocycles. The Hall–Kier alpha value is -2.79. The molecule has 2 aromatic carbocycles. The second-order valence-electron chi connectivity index (χ2n) is 5.50. The summed E-state index contributed by atoms with van der Waals surface area (Å²) in [5.41, 5.74) is 1.21. The quantitative estimate of drug-likeness (QED) is 0.830. The number of aliphatic hydroxyl groups is 1. The van der Waals surface area contributed by atoms with Crippen molar-refractivity contribution in [2.75, 3.05) is 6.61 Å². The van der Waals surface area contributed by atoms with E-state index in [1.54, 1.807) is 48.5 Å². The van der Waals surface area contributed by atoms with Crippen molar-refractivity contribution in [3.05, 3.63) is 70.4 Å². The summed E-state index contributed by atoms with van der Waals surface area (Å²) in [5.74, 6) is -1.12. The lowest BCUT2D eigenvalue weighted by Gasteiger charge is -2.14. The number of carbonyl (C=O) groups is 2. The van der Waals surface area contributed by atoms with Gasteiger partial charge >= 0.3 is 0 Å². The zero-order chi connectivity index (χ0) is 18.0. The number of aliphatic hydroxyl groups excluding tert-OH is 1. The number of amides is 2. The molecule has 5 nitrogen and oxygen atoms in total. The number of benzene rings is 2. The van der Waals surface area contributed by atoms with Crippen LogP contribution in [0.25, 0.3) is 5.57 Å². The van der Waals surface area contributed by atoms with E-state index in [1.807, 2.05) is 6.92 Å². The molecule has 2 aromatic rings. The van der Waals surface area contributed by atoms with Crippen LogP contribution in [0.4, 0.5) is 0 Å². The molecule has 128 valence electrons. The van der Waals surface area contributed by atoms with E-state index in [0.717, 1.165) is 10.5 Å². The van der Waals surface area contributed by atoms with E-state index >= 15 is 0 Å². The van der Waals surface area contributed by atoms with E-state index in [9.17, 15) is 14.7 Å². The van der Waals surface area contributed by atoms with Crippen LogP contribution in [-0.2, 0) is 16.1 Å². The van der Waals surface area contributed by atoms with Crippen LogP contribution in [0.3, 0.4) is 0 Å². The summed E-state index contributed by atoms with van der Waals surface area (Å²) in [6, 6.07) is 13.5. The summed E-state index contributed by atoms with van der Waals surface area (Å²) in [6.07, 6.45) is 0. The summed E-state index contributed by atoms with van der Waals surface area (Å²) in [6.45, 7) is 2.47. The highest BCUT2D eigenvalue weighted by atomic mass is 35.5. The standard InChI is InChI=1S/C19H16ClNO4/c1-2-25-15-9-5-13(6-10-15)16-17(22)19(24)21(18(16)23)11-12-3-7-14(20)8-4-12/h3-10,22H,2,11H2,1H3. The SMILES string of the molecule is CCOc1ccc(C2=C(O)C(=O)N(Cc3ccc(Cl)cc3)C2=O)cc1. The Morgan fingerprint density at radius 2 is 1.64 bits per heavy atom. The Kier molecular flexibility index (Phi) is 4.76. The van der Waals surface area contributed by atoms with E-state index in [2.05, 4.69) is 0 Å². The van der Waals surface area contributed by atoms with E-state index in [4.69, 9.17) is 16.3 Å². The Labute approximate surface area is 150 Å². The van der Waals surface area contributed by atoms with Crippen LogP contribution in [0, 0.1) is 0 Å². The number of hydrogen-bond acceptors (Lipinski definition) is 4. The molecule has 0 saturated heterocycles. The van der Waals surface area contributed by atoms with Gasteiger partial charge in [0.25, 0.3) is 11.8 Å². The lowest BCUT2D eigenvalue weighted by atomic mass is 10.1. The van der Waals surface area contributed by atoms with Gasteiger partial charge in [-0.3, -0.25) is 14.5 Å². The van der Waals surface area contributed by atoms with Crippen molar-refractivity contribution < 1.29 is 19.4 Å². The van der Waals surface area contributed by atoms with Crippen LogP contribution in [0.15, 0.2) is 54.3 Å². The van der Waals surface area contributed by atoms with Gasteiger partial charge < -0.3 is 9.84 Å². The summed E-state index contributed by atoms with van der Waals surface area (Å²) < 4.78 is 5.36. The molecule has 25 heavy (non-hydrogen) atoms. The molecule has 1 aliphatic rings. The van der Waals surface area contributed by atoms with Crippen molar-refractivity contribution in [3.63, 3.8) is 0 Å². The number of imide groups is 1. The second-order valence-corrected chi connectivity index (χ2v) is 5.94. The first-order valence-corrected chi connectivity index (χ1v) is 8.16. The monoisotopic (exact) mass is 357 g/mol. The number of nitrogens with zero attached hydrogens (tertiary/aromatic N) is 1. The minimum atomic E-state index is -0.705. The number of rotatable bonds is 5. The topological polar surface area (TPSA) is 66.8 Å². The van der Waals surface area contributed by atoms with Crippen molar-refractivity contribution in [2.24, 2.45) is 0 Å². The summed E-state index contributed by atoms with van der Waals surface area (Å²) in [5, 5.41) is 10.7. The largest absolute Gasteiger partial charge is 0.502 e. The van der Waals surface area contributed by atoms with Crippen molar-refractivity contribution >= 4 is 29.0 Å². The zero-order valence-corrected chi connectivity index (χ0v) is 14.3. The Morgan fingerprint density at radius 3 is 2.24 bits per heavy atom. The number of halogens is 1. The van der Waals surface area contributed by atoms with Gasteiger partial charge in [0, 0.05) is 5.02 Å². The van der Waals surface area contributed by atoms with E-state index in [1.165, 1.54) is 0 Å². The molecule has 3 rings (SSSR count). The zero-order valence-electron chi connectivity index (χ0n) is 13.5. The summed E-state index contributed by atoms with van der Waals surface area (Å²) >= 11 is 5.84. The molecule has 0 radical (unpaired) electrons. The molecule has 0 saturated carbocycles. The molecule has 6 heteroatoms. The highest BCUT2D eigenvalue weighted by Crippen LogP contribution is 2.30. The molecule has 1 aliphatic heterocycles. The Morgan fingerprint density at radius 1 is 1.00 bits per heavy atom. The van der Waals surface area contributed by atoms with Gasteiger partial charge in [-0.1, -0.05) is 35.9 Å². The maximum atomic E-state index is 12.6. The molecule has 0 aliphatic carbocycles. The van der Waals surface area contributed by atoms with E-state index < -0.39 is 17.6 Å². The van der Waals surface area contributed by atoms with Gasteiger partial charge in [0.2, 0.25) is 0 Å². The minimum Gasteiger partial charge on any atom is -0.502 e. The third kappa shape index (κ3) is 3.37. The molecule has 0 bridgehead atoms. The molecule has 1 heterocycles. The van der Waals surface area contributed by atoms with Crippen LogP contribution < -0.4 is 4.74 Å². The van der Waals surface area contributed by atoms with Crippen molar-refractivity contribution in [3.8, 4) is 5.75 Å². The number of hydrogen-bond donors (Lipinski definition) is 1. The average Bonchev–Trinajstić information content (AvgIpc) is 2.82. The fraction of sp³-hybridized carbons (Fsp3) is 0.158. The third-order valence-corrected chi connectivity index (χ3v) is 4.10. The normalized spacial score (nSPS) is 14.4. The first-order valence-electron chi connectivity index (χ1n) is 7.78. The lowest BCUT2D eigenvalue weighted by molar-refractivity contribution is -0.138. The number of ether oxygens (including phenoxy) is 1. The Balaban J connectivity index is 1.84. The molecule has 0 spiro atoms. The number of carbonyl (C=O) groups excluding carboxylic acids is 2. The predicted octanol–water partition coefficient (Wildman–Crippen LogP) is 3.58. The van der Waals surface area contributed by atoms with Gasteiger partial charge in [0.05, 0.1) is 18.7 Å². The maximum absolute atomic E-state index is 12.6. The van der Waals surface area contributed by atoms with Gasteiger partial charge in [-0.05, 0) is 42.3 Å². The molecule has 2 amide bonds. The third-order valence-electron chi connectivity index (χ3n) is 3.85. The highest BCUT2D eigenvalue weighted by Gasteiger charge is 2.39. The van der Waals surface area contributed by atoms with E-state index in [-0.39, 0.29) is 12.1 Å². The maximum Gasteiger partial charge on any atom is 0.296 e. The average molecular weight is 358 g/mol. The fourth-order valence-corrected chi connectivity index (χ4v) is 2.75. The van der Waals surface area contributed by atoms with Gasteiger partial charge in [0.15, 0.2) is 5.76 Å². The van der Waals surface area contributed by atoms with Crippen LogP contribution in [-0.4, -0.2) is 28.4 Å². The first kappa shape index (κ1) is 17.0. The first-order chi connectivity index (χ1) is 12.0. The van der Waals surface area contributed by atoms with Gasteiger partial charge in [-0.2, -0.15) is 0 Å².